The van der Waals surface area contributed by atoms with Gasteiger partial charge in [-0.05, 0) is 30.3 Å². The summed E-state index contributed by atoms with van der Waals surface area (Å²) in [5.41, 5.74) is 2.82. The number of aromatic nitrogens is 2. The molecule has 5 heteroatoms. The van der Waals surface area contributed by atoms with E-state index in [0.717, 1.165) is 26.6 Å². The third-order valence-corrected chi connectivity index (χ3v) is 3.49. The second-order valence-electron chi connectivity index (χ2n) is 4.26. The number of nitrogens with zero attached hydrogens (tertiary/aromatic N) is 1. The molecule has 19 heavy (non-hydrogen) atoms. The van der Waals surface area contributed by atoms with E-state index >= 15 is 0 Å². The van der Waals surface area contributed by atoms with Crippen LogP contribution in [0.3, 0.4) is 0 Å². The Bertz CT molecular complexity index is 724. The molecule has 3 N–H and O–H groups in total. The molecule has 0 radical (unpaired) electrons. The number of phenols is 1. The zero-order valence-corrected chi connectivity index (χ0v) is 11.6. The standard InChI is InChI=1S/C14H12BrN3O/c15-10-4-5-14(19)9(6-10)7-16-12-2-1-3-13-11(12)8-17-18-13/h1-6,8,16,19H,7H2,(H,17,18). The first-order valence-corrected chi connectivity index (χ1v) is 6.67. The van der Waals surface area contributed by atoms with Gasteiger partial charge in [-0.15, -0.1) is 0 Å². The fourth-order valence-corrected chi connectivity index (χ4v) is 2.42. The fraction of sp³-hybridized carbons (Fsp3) is 0.0714. The van der Waals surface area contributed by atoms with Crippen molar-refractivity contribution in [1.82, 2.24) is 10.2 Å². The van der Waals surface area contributed by atoms with Crippen LogP contribution in [0.25, 0.3) is 10.9 Å². The third kappa shape index (κ3) is 2.42. The molecule has 0 atom stereocenters. The molecule has 0 fully saturated rings. The highest BCUT2D eigenvalue weighted by molar-refractivity contribution is 9.10. The topological polar surface area (TPSA) is 60.9 Å². The van der Waals surface area contributed by atoms with Gasteiger partial charge in [0.05, 0.1) is 11.7 Å². The Morgan fingerprint density at radius 1 is 1.26 bits per heavy atom. The van der Waals surface area contributed by atoms with Crippen LogP contribution in [0.2, 0.25) is 0 Å². The highest BCUT2D eigenvalue weighted by Gasteiger charge is 2.05. The molecule has 4 nitrogen and oxygen atoms in total. The molecule has 0 spiro atoms. The zero-order valence-electron chi connectivity index (χ0n) is 10.0. The van der Waals surface area contributed by atoms with Gasteiger partial charge in [0, 0.05) is 27.7 Å². The van der Waals surface area contributed by atoms with Crippen molar-refractivity contribution >= 4 is 32.5 Å². The number of anilines is 1. The van der Waals surface area contributed by atoms with Crippen molar-refractivity contribution in [2.45, 2.75) is 6.54 Å². The van der Waals surface area contributed by atoms with Gasteiger partial charge < -0.3 is 10.4 Å². The molecule has 3 aromatic rings. The lowest BCUT2D eigenvalue weighted by Gasteiger charge is -2.09. The zero-order chi connectivity index (χ0) is 13.2. The summed E-state index contributed by atoms with van der Waals surface area (Å²) in [5.74, 6) is 0.287. The van der Waals surface area contributed by atoms with Crippen LogP contribution in [-0.2, 0) is 6.54 Å². The Morgan fingerprint density at radius 3 is 3.05 bits per heavy atom. The van der Waals surface area contributed by atoms with Crippen LogP contribution in [-0.4, -0.2) is 15.3 Å². The minimum absolute atomic E-state index is 0.287. The van der Waals surface area contributed by atoms with Crippen LogP contribution in [0.1, 0.15) is 5.56 Å². The summed E-state index contributed by atoms with van der Waals surface area (Å²) in [6, 6.07) is 11.3. The third-order valence-electron chi connectivity index (χ3n) is 3.00. The molecular weight excluding hydrogens is 306 g/mol. The Balaban J connectivity index is 1.86. The summed E-state index contributed by atoms with van der Waals surface area (Å²) < 4.78 is 0.948. The first kappa shape index (κ1) is 12.0. The maximum atomic E-state index is 9.81. The number of benzene rings is 2. The number of aromatic amines is 1. The van der Waals surface area contributed by atoms with Crippen LogP contribution in [0.4, 0.5) is 5.69 Å². The van der Waals surface area contributed by atoms with Gasteiger partial charge in [-0.2, -0.15) is 5.10 Å². The lowest BCUT2D eigenvalue weighted by molar-refractivity contribution is 0.469. The Labute approximate surface area is 118 Å². The molecule has 2 aromatic carbocycles. The molecule has 1 aromatic heterocycles. The highest BCUT2D eigenvalue weighted by atomic mass is 79.9. The van der Waals surface area contributed by atoms with E-state index in [9.17, 15) is 5.11 Å². The number of H-pyrrole nitrogens is 1. The molecule has 1 heterocycles. The number of fused-ring (bicyclic) bond motifs is 1. The number of halogens is 1. The molecule has 0 amide bonds. The largest absolute Gasteiger partial charge is 0.508 e. The molecule has 0 saturated heterocycles. The summed E-state index contributed by atoms with van der Waals surface area (Å²) in [5, 5.41) is 21.1. The fourth-order valence-electron chi connectivity index (χ4n) is 2.01. The molecule has 96 valence electrons. The van der Waals surface area contributed by atoms with Gasteiger partial charge in [-0.1, -0.05) is 22.0 Å². The van der Waals surface area contributed by atoms with Gasteiger partial charge in [0.2, 0.25) is 0 Å². The number of aromatic hydroxyl groups is 1. The van der Waals surface area contributed by atoms with E-state index in [1.54, 1.807) is 12.3 Å². The van der Waals surface area contributed by atoms with Crippen molar-refractivity contribution in [3.8, 4) is 5.75 Å². The quantitative estimate of drug-likeness (QED) is 0.691. The molecule has 0 aliphatic carbocycles. The molecule has 0 aliphatic heterocycles. The first-order valence-electron chi connectivity index (χ1n) is 5.87. The lowest BCUT2D eigenvalue weighted by atomic mass is 10.2. The minimum atomic E-state index is 0.287. The van der Waals surface area contributed by atoms with Crippen molar-refractivity contribution in [3.05, 3.63) is 52.6 Å². The Kier molecular flexibility index (Phi) is 3.13. The van der Waals surface area contributed by atoms with Gasteiger partial charge in [0.1, 0.15) is 5.75 Å². The average molecular weight is 318 g/mol. The first-order chi connectivity index (χ1) is 9.24. The van der Waals surface area contributed by atoms with Crippen LogP contribution >= 0.6 is 15.9 Å². The SMILES string of the molecule is Oc1ccc(Br)cc1CNc1cccc2[nH]ncc12. The predicted octanol–water partition coefficient (Wildman–Crippen LogP) is 3.64. The van der Waals surface area contributed by atoms with Gasteiger partial charge in [0.25, 0.3) is 0 Å². The Morgan fingerprint density at radius 2 is 2.16 bits per heavy atom. The predicted molar refractivity (Wildman–Crippen MR) is 79.2 cm³/mol. The summed E-state index contributed by atoms with van der Waals surface area (Å²) in [7, 11) is 0. The van der Waals surface area contributed by atoms with Crippen molar-refractivity contribution in [2.75, 3.05) is 5.32 Å². The lowest BCUT2D eigenvalue weighted by Crippen LogP contribution is -2.00. The average Bonchev–Trinajstić information content (AvgIpc) is 2.88. The van der Waals surface area contributed by atoms with Gasteiger partial charge in [-0.3, -0.25) is 5.10 Å². The summed E-state index contributed by atoms with van der Waals surface area (Å²) >= 11 is 3.40. The number of hydrogen-bond acceptors (Lipinski definition) is 3. The van der Waals surface area contributed by atoms with E-state index in [-0.39, 0.29) is 5.75 Å². The van der Waals surface area contributed by atoms with E-state index in [0.29, 0.717) is 6.54 Å². The molecular formula is C14H12BrN3O. The van der Waals surface area contributed by atoms with E-state index in [1.807, 2.05) is 30.3 Å². The van der Waals surface area contributed by atoms with Gasteiger partial charge >= 0.3 is 0 Å². The van der Waals surface area contributed by atoms with E-state index in [2.05, 4.69) is 31.4 Å². The number of phenolic OH excluding ortho intramolecular Hbond substituents is 1. The highest BCUT2D eigenvalue weighted by Crippen LogP contribution is 2.25. The number of hydrogen-bond donors (Lipinski definition) is 3. The summed E-state index contributed by atoms with van der Waals surface area (Å²) in [6.07, 6.45) is 1.79. The minimum Gasteiger partial charge on any atom is -0.508 e. The maximum absolute atomic E-state index is 9.81. The molecule has 0 bridgehead atoms. The van der Waals surface area contributed by atoms with Crippen LogP contribution in [0.15, 0.2) is 47.1 Å². The maximum Gasteiger partial charge on any atom is 0.120 e. The summed E-state index contributed by atoms with van der Waals surface area (Å²) in [4.78, 5) is 0. The second-order valence-corrected chi connectivity index (χ2v) is 5.18. The van der Waals surface area contributed by atoms with Crippen molar-refractivity contribution < 1.29 is 5.11 Å². The van der Waals surface area contributed by atoms with Gasteiger partial charge in [-0.25, -0.2) is 0 Å². The van der Waals surface area contributed by atoms with Gasteiger partial charge in [0.15, 0.2) is 0 Å². The van der Waals surface area contributed by atoms with E-state index in [4.69, 9.17) is 0 Å². The summed E-state index contributed by atoms with van der Waals surface area (Å²) in [6.45, 7) is 0.551. The normalized spacial score (nSPS) is 10.8. The molecule has 3 rings (SSSR count). The number of rotatable bonds is 3. The van der Waals surface area contributed by atoms with Crippen LogP contribution in [0.5, 0.6) is 5.75 Å². The van der Waals surface area contributed by atoms with Crippen molar-refractivity contribution in [3.63, 3.8) is 0 Å². The van der Waals surface area contributed by atoms with Crippen molar-refractivity contribution in [1.29, 1.82) is 0 Å². The Hall–Kier alpha value is -2.01. The smallest absolute Gasteiger partial charge is 0.120 e. The van der Waals surface area contributed by atoms with Crippen LogP contribution in [0, 0.1) is 0 Å². The molecule has 0 unspecified atom stereocenters. The van der Waals surface area contributed by atoms with E-state index in [1.165, 1.54) is 0 Å². The monoisotopic (exact) mass is 317 g/mol. The number of nitrogens with one attached hydrogen (secondary N) is 2. The molecule has 0 saturated carbocycles. The second kappa shape index (κ2) is 4.93. The molecule has 0 aliphatic rings. The van der Waals surface area contributed by atoms with Crippen molar-refractivity contribution in [2.24, 2.45) is 0 Å². The van der Waals surface area contributed by atoms with E-state index < -0.39 is 0 Å². The van der Waals surface area contributed by atoms with Crippen LogP contribution < -0.4 is 5.32 Å².